The zero-order chi connectivity index (χ0) is 12.0. The standard InChI is InChI=1S/C11H14ClNO2S/c1-8(14)6-7-13-11(15)5-3-9-2-4-10(12)16-9/h2-5,8,14H,6-7H2,1H3,(H,13,15). The minimum atomic E-state index is -0.389. The highest BCUT2D eigenvalue weighted by Gasteiger charge is 1.98. The molecule has 0 saturated carbocycles. The minimum absolute atomic E-state index is 0.162. The second kappa shape index (κ2) is 6.68. The lowest BCUT2D eigenvalue weighted by atomic mass is 10.3. The lowest BCUT2D eigenvalue weighted by Gasteiger charge is -2.03. The summed E-state index contributed by atoms with van der Waals surface area (Å²) in [7, 11) is 0. The van der Waals surface area contributed by atoms with E-state index in [1.807, 2.05) is 6.07 Å². The summed E-state index contributed by atoms with van der Waals surface area (Å²) in [5.74, 6) is -0.162. The molecule has 1 heterocycles. The van der Waals surface area contributed by atoms with Crippen molar-refractivity contribution in [2.45, 2.75) is 19.4 Å². The Labute approximate surface area is 104 Å². The second-order valence-corrected chi connectivity index (χ2v) is 5.15. The minimum Gasteiger partial charge on any atom is -0.393 e. The fourth-order valence-electron chi connectivity index (χ4n) is 1.04. The summed E-state index contributed by atoms with van der Waals surface area (Å²) in [6.07, 6.45) is 3.35. The number of halogens is 1. The van der Waals surface area contributed by atoms with Crippen molar-refractivity contribution in [1.82, 2.24) is 5.32 Å². The van der Waals surface area contributed by atoms with Crippen molar-refractivity contribution in [1.29, 1.82) is 0 Å². The van der Waals surface area contributed by atoms with E-state index in [-0.39, 0.29) is 12.0 Å². The lowest BCUT2D eigenvalue weighted by molar-refractivity contribution is -0.116. The van der Waals surface area contributed by atoms with Crippen molar-refractivity contribution >= 4 is 34.9 Å². The Kier molecular flexibility index (Phi) is 5.52. The summed E-state index contributed by atoms with van der Waals surface area (Å²) >= 11 is 7.17. The molecule has 0 aromatic carbocycles. The van der Waals surface area contributed by atoms with E-state index in [0.717, 1.165) is 4.88 Å². The summed E-state index contributed by atoms with van der Waals surface area (Å²) in [4.78, 5) is 12.2. The molecule has 1 atom stereocenters. The zero-order valence-corrected chi connectivity index (χ0v) is 10.5. The number of carbonyl (C=O) groups excluding carboxylic acids is 1. The molecular weight excluding hydrogens is 246 g/mol. The van der Waals surface area contributed by atoms with E-state index in [0.29, 0.717) is 17.3 Å². The smallest absolute Gasteiger partial charge is 0.244 e. The first-order valence-electron chi connectivity index (χ1n) is 4.97. The van der Waals surface area contributed by atoms with Crippen molar-refractivity contribution in [2.75, 3.05) is 6.54 Å². The number of thiophene rings is 1. The van der Waals surface area contributed by atoms with Gasteiger partial charge in [0, 0.05) is 17.5 Å². The van der Waals surface area contributed by atoms with Crippen LogP contribution in [0.1, 0.15) is 18.2 Å². The van der Waals surface area contributed by atoms with E-state index in [1.165, 1.54) is 17.4 Å². The van der Waals surface area contributed by atoms with Crippen LogP contribution in [0.4, 0.5) is 0 Å². The van der Waals surface area contributed by atoms with Crippen LogP contribution in [0.3, 0.4) is 0 Å². The van der Waals surface area contributed by atoms with Gasteiger partial charge in [0.05, 0.1) is 10.4 Å². The van der Waals surface area contributed by atoms with E-state index in [1.54, 1.807) is 19.1 Å². The average molecular weight is 260 g/mol. The van der Waals surface area contributed by atoms with Crippen LogP contribution in [0.5, 0.6) is 0 Å². The summed E-state index contributed by atoms with van der Waals surface area (Å²) in [6, 6.07) is 3.64. The number of amides is 1. The van der Waals surface area contributed by atoms with Gasteiger partial charge in [-0.25, -0.2) is 0 Å². The van der Waals surface area contributed by atoms with Gasteiger partial charge in [-0.05, 0) is 31.6 Å². The van der Waals surface area contributed by atoms with E-state index < -0.39 is 0 Å². The highest BCUT2D eigenvalue weighted by molar-refractivity contribution is 7.17. The summed E-state index contributed by atoms with van der Waals surface area (Å²) < 4.78 is 0.703. The Hall–Kier alpha value is -0.840. The molecule has 5 heteroatoms. The molecule has 0 fully saturated rings. The van der Waals surface area contributed by atoms with Gasteiger partial charge in [-0.15, -0.1) is 11.3 Å². The van der Waals surface area contributed by atoms with E-state index in [2.05, 4.69) is 5.32 Å². The largest absolute Gasteiger partial charge is 0.393 e. The second-order valence-electron chi connectivity index (χ2n) is 3.40. The highest BCUT2D eigenvalue weighted by Crippen LogP contribution is 2.22. The first-order valence-corrected chi connectivity index (χ1v) is 6.16. The van der Waals surface area contributed by atoms with Crippen LogP contribution in [0.2, 0.25) is 4.34 Å². The molecule has 0 saturated heterocycles. The number of rotatable bonds is 5. The molecule has 0 aliphatic carbocycles. The first kappa shape index (κ1) is 13.2. The Morgan fingerprint density at radius 3 is 3.00 bits per heavy atom. The molecule has 1 aromatic heterocycles. The maximum atomic E-state index is 11.3. The van der Waals surface area contributed by atoms with Crippen molar-refractivity contribution in [3.8, 4) is 0 Å². The van der Waals surface area contributed by atoms with Crippen LogP contribution < -0.4 is 5.32 Å². The molecule has 0 aliphatic rings. The molecule has 1 aromatic rings. The summed E-state index contributed by atoms with van der Waals surface area (Å²) in [6.45, 7) is 2.17. The van der Waals surface area contributed by atoms with E-state index in [9.17, 15) is 4.79 Å². The van der Waals surface area contributed by atoms with Gasteiger partial charge in [-0.2, -0.15) is 0 Å². The Bertz CT molecular complexity index is 374. The molecule has 1 unspecified atom stereocenters. The predicted octanol–water partition coefficient (Wildman–Crippen LogP) is 2.30. The monoisotopic (exact) mass is 259 g/mol. The predicted molar refractivity (Wildman–Crippen MR) is 67.7 cm³/mol. The third kappa shape index (κ3) is 5.30. The summed E-state index contributed by atoms with van der Waals surface area (Å²) in [5, 5.41) is 11.7. The fourth-order valence-corrected chi connectivity index (χ4v) is 2.00. The van der Waals surface area contributed by atoms with Gasteiger partial charge >= 0.3 is 0 Å². The molecule has 0 radical (unpaired) electrons. The molecule has 1 amide bonds. The molecule has 0 bridgehead atoms. The Morgan fingerprint density at radius 2 is 2.44 bits per heavy atom. The number of hydrogen-bond acceptors (Lipinski definition) is 3. The SMILES string of the molecule is CC(O)CCNC(=O)C=Cc1ccc(Cl)s1. The van der Waals surface area contributed by atoms with Crippen molar-refractivity contribution in [3.63, 3.8) is 0 Å². The van der Waals surface area contributed by atoms with Gasteiger partial charge in [0.2, 0.25) is 5.91 Å². The van der Waals surface area contributed by atoms with Crippen molar-refractivity contribution in [2.24, 2.45) is 0 Å². The van der Waals surface area contributed by atoms with Gasteiger partial charge < -0.3 is 10.4 Å². The fraction of sp³-hybridized carbons (Fsp3) is 0.364. The Balaban J connectivity index is 2.31. The van der Waals surface area contributed by atoms with Crippen LogP contribution >= 0.6 is 22.9 Å². The average Bonchev–Trinajstić information content (AvgIpc) is 2.61. The van der Waals surface area contributed by atoms with Gasteiger partial charge in [-0.3, -0.25) is 4.79 Å². The molecule has 3 nitrogen and oxygen atoms in total. The summed E-state index contributed by atoms with van der Waals surface area (Å²) in [5.41, 5.74) is 0. The molecule has 1 rings (SSSR count). The lowest BCUT2D eigenvalue weighted by Crippen LogP contribution is -2.24. The molecule has 0 aliphatic heterocycles. The number of hydrogen-bond donors (Lipinski definition) is 2. The van der Waals surface area contributed by atoms with Crippen molar-refractivity contribution in [3.05, 3.63) is 27.4 Å². The number of aliphatic hydroxyl groups excluding tert-OH is 1. The molecule has 0 spiro atoms. The van der Waals surface area contributed by atoms with Gasteiger partial charge in [0.25, 0.3) is 0 Å². The number of carbonyl (C=O) groups is 1. The third-order valence-electron chi connectivity index (χ3n) is 1.85. The topological polar surface area (TPSA) is 49.3 Å². The first-order chi connectivity index (χ1) is 7.58. The van der Waals surface area contributed by atoms with Crippen LogP contribution in [0, 0.1) is 0 Å². The maximum absolute atomic E-state index is 11.3. The van der Waals surface area contributed by atoms with Crippen LogP contribution in [-0.4, -0.2) is 23.7 Å². The van der Waals surface area contributed by atoms with Crippen LogP contribution in [-0.2, 0) is 4.79 Å². The number of nitrogens with one attached hydrogen (secondary N) is 1. The van der Waals surface area contributed by atoms with E-state index >= 15 is 0 Å². The van der Waals surface area contributed by atoms with E-state index in [4.69, 9.17) is 16.7 Å². The molecule has 88 valence electrons. The molecule has 2 N–H and O–H groups in total. The molecule has 16 heavy (non-hydrogen) atoms. The molecular formula is C11H14ClNO2S. The van der Waals surface area contributed by atoms with Crippen LogP contribution in [0.15, 0.2) is 18.2 Å². The van der Waals surface area contributed by atoms with Crippen molar-refractivity contribution < 1.29 is 9.90 Å². The number of aliphatic hydroxyl groups is 1. The highest BCUT2D eigenvalue weighted by atomic mass is 35.5. The van der Waals surface area contributed by atoms with Gasteiger partial charge in [0.1, 0.15) is 0 Å². The van der Waals surface area contributed by atoms with Crippen LogP contribution in [0.25, 0.3) is 6.08 Å². The zero-order valence-electron chi connectivity index (χ0n) is 8.94. The van der Waals surface area contributed by atoms with Gasteiger partial charge in [-0.1, -0.05) is 11.6 Å². The normalized spacial score (nSPS) is 12.9. The Morgan fingerprint density at radius 1 is 1.69 bits per heavy atom. The third-order valence-corrected chi connectivity index (χ3v) is 3.05. The quantitative estimate of drug-likeness (QED) is 0.798. The maximum Gasteiger partial charge on any atom is 0.244 e. The van der Waals surface area contributed by atoms with Gasteiger partial charge in [0.15, 0.2) is 0 Å².